The Morgan fingerprint density at radius 2 is 1.59 bits per heavy atom. The van der Waals surface area contributed by atoms with Gasteiger partial charge in [0, 0.05) is 26.2 Å². The number of carbonyl (C=O) groups is 2. The summed E-state index contributed by atoms with van der Waals surface area (Å²) in [7, 11) is -3.79. The van der Waals surface area contributed by atoms with Crippen LogP contribution in [0.4, 0.5) is 4.79 Å². The zero-order chi connectivity index (χ0) is 26.6. The van der Waals surface area contributed by atoms with Gasteiger partial charge in [-0.05, 0) is 63.6 Å². The van der Waals surface area contributed by atoms with Crippen LogP contribution in [0.1, 0.15) is 51.6 Å². The fourth-order valence-electron chi connectivity index (χ4n) is 5.04. The standard InChI is InChI=1S/C28H37N3O5S/c1-28(2,3)36-27(33)30-17-16-21(19-30)18-29-26(32)23-14-15-25(22-10-6-4-7-11-22)31(20-23)37(34,35)24-12-8-5-9-13-24/h4-13,21,23,25H,14-20H2,1-3H3,(H,29,32). The van der Waals surface area contributed by atoms with Crippen LogP contribution < -0.4 is 5.32 Å². The average molecular weight is 528 g/mol. The number of benzene rings is 2. The Morgan fingerprint density at radius 1 is 0.946 bits per heavy atom. The van der Waals surface area contributed by atoms with E-state index in [1.165, 1.54) is 4.31 Å². The van der Waals surface area contributed by atoms with Crippen LogP contribution in [0.5, 0.6) is 0 Å². The topological polar surface area (TPSA) is 96.0 Å². The largest absolute Gasteiger partial charge is 0.444 e. The van der Waals surface area contributed by atoms with Gasteiger partial charge in [-0.1, -0.05) is 48.5 Å². The van der Waals surface area contributed by atoms with Crippen molar-refractivity contribution in [3.8, 4) is 0 Å². The Balaban J connectivity index is 1.41. The molecule has 0 saturated carbocycles. The molecule has 0 aromatic heterocycles. The molecule has 2 saturated heterocycles. The molecule has 2 aromatic rings. The van der Waals surface area contributed by atoms with Crippen LogP contribution in [0, 0.1) is 11.8 Å². The van der Waals surface area contributed by atoms with Gasteiger partial charge >= 0.3 is 6.09 Å². The molecule has 0 radical (unpaired) electrons. The summed E-state index contributed by atoms with van der Waals surface area (Å²) in [5.41, 5.74) is 0.377. The fraction of sp³-hybridized carbons (Fsp3) is 0.500. The number of hydrogen-bond acceptors (Lipinski definition) is 5. The van der Waals surface area contributed by atoms with E-state index in [1.807, 2.05) is 51.1 Å². The number of sulfonamides is 1. The first kappa shape index (κ1) is 27.1. The molecule has 2 amide bonds. The van der Waals surface area contributed by atoms with E-state index in [1.54, 1.807) is 35.2 Å². The van der Waals surface area contributed by atoms with Crippen LogP contribution in [0.3, 0.4) is 0 Å². The summed E-state index contributed by atoms with van der Waals surface area (Å²) in [6.45, 7) is 7.22. The maximum atomic E-state index is 13.6. The molecule has 2 fully saturated rings. The minimum atomic E-state index is -3.79. The molecule has 2 aliphatic rings. The van der Waals surface area contributed by atoms with Gasteiger partial charge in [0.15, 0.2) is 0 Å². The third-order valence-corrected chi connectivity index (χ3v) is 8.83. The molecule has 3 unspecified atom stereocenters. The average Bonchev–Trinajstić information content (AvgIpc) is 3.36. The van der Waals surface area contributed by atoms with Crippen molar-refractivity contribution in [3.63, 3.8) is 0 Å². The quantitative estimate of drug-likeness (QED) is 0.607. The lowest BCUT2D eigenvalue weighted by Crippen LogP contribution is -2.47. The molecule has 37 heavy (non-hydrogen) atoms. The third kappa shape index (κ3) is 6.70. The Kier molecular flexibility index (Phi) is 8.23. The van der Waals surface area contributed by atoms with Gasteiger partial charge in [-0.15, -0.1) is 0 Å². The van der Waals surface area contributed by atoms with Crippen LogP contribution in [0.25, 0.3) is 0 Å². The highest BCUT2D eigenvalue weighted by molar-refractivity contribution is 7.89. The van der Waals surface area contributed by atoms with Gasteiger partial charge < -0.3 is 15.0 Å². The molecule has 4 rings (SSSR count). The number of nitrogens with one attached hydrogen (secondary N) is 1. The highest BCUT2D eigenvalue weighted by Gasteiger charge is 2.40. The number of piperidine rings is 1. The summed E-state index contributed by atoms with van der Waals surface area (Å²) in [5, 5.41) is 3.03. The summed E-state index contributed by atoms with van der Waals surface area (Å²) < 4.78 is 34.2. The lowest BCUT2D eigenvalue weighted by Gasteiger charge is -2.38. The predicted octanol–water partition coefficient (Wildman–Crippen LogP) is 4.20. The summed E-state index contributed by atoms with van der Waals surface area (Å²) in [6, 6.07) is 17.7. The molecular formula is C28H37N3O5S. The molecule has 2 aliphatic heterocycles. The maximum absolute atomic E-state index is 13.6. The number of amides is 2. The molecule has 0 aliphatic carbocycles. The Morgan fingerprint density at radius 3 is 2.24 bits per heavy atom. The predicted molar refractivity (Wildman–Crippen MR) is 141 cm³/mol. The first-order chi connectivity index (χ1) is 17.5. The van der Waals surface area contributed by atoms with E-state index >= 15 is 0 Å². The Labute approximate surface area is 220 Å². The van der Waals surface area contributed by atoms with E-state index in [9.17, 15) is 18.0 Å². The van der Waals surface area contributed by atoms with Crippen LogP contribution in [-0.2, 0) is 19.6 Å². The van der Waals surface area contributed by atoms with Crippen molar-refractivity contribution in [2.75, 3.05) is 26.2 Å². The number of ether oxygens (including phenoxy) is 1. The summed E-state index contributed by atoms with van der Waals surface area (Å²) in [4.78, 5) is 27.4. The first-order valence-corrected chi connectivity index (χ1v) is 14.4. The van der Waals surface area contributed by atoms with Crippen molar-refractivity contribution in [1.82, 2.24) is 14.5 Å². The van der Waals surface area contributed by atoms with E-state index in [0.717, 1.165) is 12.0 Å². The third-order valence-electron chi connectivity index (χ3n) is 6.94. The highest BCUT2D eigenvalue weighted by Crippen LogP contribution is 2.37. The van der Waals surface area contributed by atoms with E-state index in [-0.39, 0.29) is 35.4 Å². The van der Waals surface area contributed by atoms with Crippen LogP contribution in [0.15, 0.2) is 65.6 Å². The maximum Gasteiger partial charge on any atom is 0.410 e. The van der Waals surface area contributed by atoms with Crippen molar-refractivity contribution >= 4 is 22.0 Å². The van der Waals surface area contributed by atoms with Crippen molar-refractivity contribution in [2.45, 2.75) is 56.6 Å². The molecule has 0 bridgehead atoms. The lowest BCUT2D eigenvalue weighted by molar-refractivity contribution is -0.126. The SMILES string of the molecule is CC(C)(C)OC(=O)N1CCC(CNC(=O)C2CCC(c3ccccc3)N(S(=O)(=O)c3ccccc3)C2)C1. The molecule has 9 heteroatoms. The fourth-order valence-corrected chi connectivity index (χ4v) is 6.75. The van der Waals surface area contributed by atoms with Gasteiger partial charge in [0.2, 0.25) is 15.9 Å². The van der Waals surface area contributed by atoms with Gasteiger partial charge in [-0.2, -0.15) is 4.31 Å². The minimum Gasteiger partial charge on any atom is -0.444 e. The monoisotopic (exact) mass is 527 g/mol. The molecular weight excluding hydrogens is 490 g/mol. The van der Waals surface area contributed by atoms with Gasteiger partial charge in [0.05, 0.1) is 16.9 Å². The van der Waals surface area contributed by atoms with Gasteiger partial charge in [-0.3, -0.25) is 4.79 Å². The highest BCUT2D eigenvalue weighted by atomic mass is 32.2. The van der Waals surface area contributed by atoms with Gasteiger partial charge in [0.25, 0.3) is 0 Å². The normalized spacial score (nSPS) is 23.0. The zero-order valence-corrected chi connectivity index (χ0v) is 22.6. The van der Waals surface area contributed by atoms with Crippen LogP contribution >= 0.6 is 0 Å². The smallest absolute Gasteiger partial charge is 0.410 e. The lowest BCUT2D eigenvalue weighted by atomic mass is 9.90. The molecule has 2 heterocycles. The van der Waals surface area contributed by atoms with Gasteiger partial charge in [-0.25, -0.2) is 13.2 Å². The molecule has 3 atom stereocenters. The summed E-state index contributed by atoms with van der Waals surface area (Å²) in [6.07, 6.45) is 1.61. The Hall–Kier alpha value is -2.91. The van der Waals surface area contributed by atoms with Crippen LogP contribution in [-0.4, -0.2) is 61.4 Å². The number of rotatable bonds is 6. The first-order valence-electron chi connectivity index (χ1n) is 12.9. The Bertz CT molecular complexity index is 1180. The molecule has 200 valence electrons. The van der Waals surface area contributed by atoms with E-state index < -0.39 is 21.5 Å². The van der Waals surface area contributed by atoms with Crippen molar-refractivity contribution < 1.29 is 22.7 Å². The number of carbonyl (C=O) groups excluding carboxylic acids is 2. The number of likely N-dealkylation sites (tertiary alicyclic amines) is 1. The summed E-state index contributed by atoms with van der Waals surface area (Å²) >= 11 is 0. The van der Waals surface area contributed by atoms with Gasteiger partial charge in [0.1, 0.15) is 5.60 Å². The van der Waals surface area contributed by atoms with E-state index in [0.29, 0.717) is 32.5 Å². The molecule has 1 N–H and O–H groups in total. The summed E-state index contributed by atoms with van der Waals surface area (Å²) in [5.74, 6) is -0.446. The second kappa shape index (κ2) is 11.2. The van der Waals surface area contributed by atoms with Crippen molar-refractivity contribution in [1.29, 1.82) is 0 Å². The molecule has 8 nitrogen and oxygen atoms in total. The second-order valence-corrected chi connectivity index (χ2v) is 12.8. The number of hydrogen-bond donors (Lipinski definition) is 1. The molecule has 2 aromatic carbocycles. The van der Waals surface area contributed by atoms with Crippen LogP contribution in [0.2, 0.25) is 0 Å². The van der Waals surface area contributed by atoms with E-state index in [2.05, 4.69) is 5.32 Å². The molecule has 0 spiro atoms. The van der Waals surface area contributed by atoms with E-state index in [4.69, 9.17) is 4.74 Å². The minimum absolute atomic E-state index is 0.122. The number of nitrogens with zero attached hydrogens (tertiary/aromatic N) is 2. The van der Waals surface area contributed by atoms with Crippen molar-refractivity contribution in [2.24, 2.45) is 11.8 Å². The van der Waals surface area contributed by atoms with Crippen molar-refractivity contribution in [3.05, 3.63) is 66.2 Å². The zero-order valence-electron chi connectivity index (χ0n) is 21.8. The second-order valence-electron chi connectivity index (χ2n) is 10.9.